The maximum Gasteiger partial charge on any atom is 0.0780 e. The quantitative estimate of drug-likeness (QED) is 0.606. The van der Waals surface area contributed by atoms with Crippen molar-refractivity contribution in [2.45, 2.75) is 24.6 Å². The van der Waals surface area contributed by atoms with Crippen molar-refractivity contribution in [1.29, 1.82) is 0 Å². The molecule has 1 fully saturated rings. The first-order valence-electron chi connectivity index (χ1n) is 8.90. The first-order valence-corrected chi connectivity index (χ1v) is 11.3. The number of nitrogens with zero attached hydrogens (tertiary/aromatic N) is 2. The molecule has 2 aliphatic rings. The fourth-order valence-corrected chi connectivity index (χ4v) is 7.01. The van der Waals surface area contributed by atoms with Crippen LogP contribution in [-0.4, -0.2) is 16.8 Å². The number of hydrazine groups is 1. The highest BCUT2D eigenvalue weighted by molar-refractivity contribution is 7.99. The van der Waals surface area contributed by atoms with Crippen LogP contribution in [0, 0.1) is 0 Å². The molecule has 6 heteroatoms. The Labute approximate surface area is 162 Å². The molecule has 0 bridgehead atoms. The lowest BCUT2D eigenvalue weighted by Crippen LogP contribution is -2.36. The van der Waals surface area contributed by atoms with Crippen LogP contribution in [0.1, 0.15) is 24.0 Å². The summed E-state index contributed by atoms with van der Waals surface area (Å²) in [7, 11) is -0.141. The number of anilines is 1. The van der Waals surface area contributed by atoms with Crippen LogP contribution in [0.2, 0.25) is 0 Å². The summed E-state index contributed by atoms with van der Waals surface area (Å²) in [6, 6.07) is 17.1. The summed E-state index contributed by atoms with van der Waals surface area (Å²) in [5, 5.41) is 0.629. The first-order chi connectivity index (χ1) is 12.8. The molecule has 26 heavy (non-hydrogen) atoms. The monoisotopic (exact) mass is 384 g/mol. The van der Waals surface area contributed by atoms with Gasteiger partial charge < -0.3 is 9.73 Å². The molecule has 2 aromatic rings. The van der Waals surface area contributed by atoms with Crippen LogP contribution >= 0.6 is 11.8 Å². The third-order valence-electron chi connectivity index (χ3n) is 4.85. The standard InChI is InChI=1S/C20H24N4S2/c1-15(22-21)16-7-8-17-14-24(18-5-3-2-4-6-18)26(23-20(17)13-16)19-9-11-25-12-10-19/h2-8,13,19,22H,1,9-12,14,21H2. The van der Waals surface area contributed by atoms with Crippen molar-refractivity contribution in [3.05, 3.63) is 66.2 Å². The molecule has 4 rings (SSSR count). The Morgan fingerprint density at radius 2 is 1.96 bits per heavy atom. The van der Waals surface area contributed by atoms with Crippen LogP contribution in [-0.2, 0) is 17.4 Å². The molecular weight excluding hydrogens is 360 g/mol. The van der Waals surface area contributed by atoms with E-state index in [0.29, 0.717) is 5.25 Å². The number of nitrogens with one attached hydrogen (secondary N) is 1. The molecule has 2 heterocycles. The molecule has 3 N–H and O–H groups in total. The van der Waals surface area contributed by atoms with Gasteiger partial charge in [0.25, 0.3) is 0 Å². The van der Waals surface area contributed by atoms with Crippen LogP contribution in [0.15, 0.2) is 59.5 Å². The number of hydrogen-bond donors (Lipinski definition) is 2. The Morgan fingerprint density at radius 1 is 1.19 bits per heavy atom. The Hall–Kier alpha value is -1.76. The Balaban J connectivity index is 1.76. The second-order valence-corrected chi connectivity index (χ2v) is 9.63. The summed E-state index contributed by atoms with van der Waals surface area (Å²) < 4.78 is 7.74. The molecule has 1 saturated heterocycles. The van der Waals surface area contributed by atoms with Gasteiger partial charge in [0.1, 0.15) is 0 Å². The molecule has 1 unspecified atom stereocenters. The van der Waals surface area contributed by atoms with Crippen molar-refractivity contribution in [3.63, 3.8) is 0 Å². The van der Waals surface area contributed by atoms with Crippen molar-refractivity contribution in [3.8, 4) is 0 Å². The third kappa shape index (κ3) is 3.54. The van der Waals surface area contributed by atoms with E-state index in [1.807, 2.05) is 0 Å². The summed E-state index contributed by atoms with van der Waals surface area (Å²) in [6.45, 7) is 4.88. The average molecular weight is 385 g/mol. The van der Waals surface area contributed by atoms with E-state index < -0.39 is 0 Å². The molecule has 4 nitrogen and oxygen atoms in total. The van der Waals surface area contributed by atoms with Crippen molar-refractivity contribution in [2.24, 2.45) is 10.2 Å². The van der Waals surface area contributed by atoms with Gasteiger partial charge in [-0.3, -0.25) is 5.84 Å². The van der Waals surface area contributed by atoms with Gasteiger partial charge in [0.2, 0.25) is 0 Å². The van der Waals surface area contributed by atoms with Gasteiger partial charge >= 0.3 is 0 Å². The van der Waals surface area contributed by atoms with Crippen LogP contribution in [0.25, 0.3) is 5.70 Å². The molecule has 2 aliphatic heterocycles. The van der Waals surface area contributed by atoms with E-state index in [-0.39, 0.29) is 10.9 Å². The first kappa shape index (κ1) is 17.6. The topological polar surface area (TPSA) is 53.6 Å². The molecule has 0 radical (unpaired) electrons. The van der Waals surface area contributed by atoms with Crippen LogP contribution in [0.5, 0.6) is 0 Å². The van der Waals surface area contributed by atoms with Gasteiger partial charge in [0.15, 0.2) is 0 Å². The van der Waals surface area contributed by atoms with E-state index in [1.165, 1.54) is 35.6 Å². The molecular formula is C20H24N4S2. The van der Waals surface area contributed by atoms with Gasteiger partial charge in [-0.2, -0.15) is 11.8 Å². The lowest BCUT2D eigenvalue weighted by molar-refractivity contribution is 0.773. The van der Waals surface area contributed by atoms with Crippen LogP contribution in [0.3, 0.4) is 0 Å². The van der Waals surface area contributed by atoms with Gasteiger partial charge in [0.05, 0.1) is 12.2 Å². The van der Waals surface area contributed by atoms with Crippen molar-refractivity contribution < 1.29 is 0 Å². The van der Waals surface area contributed by atoms with Gasteiger partial charge in [-0.05, 0) is 48.1 Å². The summed E-state index contributed by atoms with van der Waals surface area (Å²) in [4.78, 5) is 0. The Morgan fingerprint density at radius 3 is 2.69 bits per heavy atom. The molecule has 0 aliphatic carbocycles. The maximum absolute atomic E-state index is 5.53. The second-order valence-electron chi connectivity index (χ2n) is 6.53. The van der Waals surface area contributed by atoms with E-state index in [2.05, 4.69) is 76.6 Å². The number of rotatable bonds is 4. The SMILES string of the molecule is C=C(NN)c1ccc2c(c1)N=S(C1CCSCC1)N(c1ccccc1)C2. The molecule has 0 aromatic heterocycles. The van der Waals surface area contributed by atoms with Crippen molar-refractivity contribution in [2.75, 3.05) is 15.8 Å². The predicted molar refractivity (Wildman–Crippen MR) is 115 cm³/mol. The van der Waals surface area contributed by atoms with E-state index >= 15 is 0 Å². The molecule has 0 saturated carbocycles. The fourth-order valence-electron chi connectivity index (χ4n) is 3.36. The molecule has 2 aromatic carbocycles. The van der Waals surface area contributed by atoms with Gasteiger partial charge in [-0.15, -0.1) is 0 Å². The summed E-state index contributed by atoms with van der Waals surface area (Å²) >= 11 is 2.07. The van der Waals surface area contributed by atoms with Crippen LogP contribution < -0.4 is 15.6 Å². The summed E-state index contributed by atoms with van der Waals surface area (Å²) in [6.07, 6.45) is 2.49. The van der Waals surface area contributed by atoms with E-state index in [9.17, 15) is 0 Å². The zero-order chi connectivity index (χ0) is 17.9. The molecule has 136 valence electrons. The lowest BCUT2D eigenvalue weighted by atomic mass is 10.1. The maximum atomic E-state index is 5.53. The second kappa shape index (κ2) is 7.86. The number of para-hydroxylation sites is 1. The highest BCUT2D eigenvalue weighted by Crippen LogP contribution is 2.37. The predicted octanol–water partition coefficient (Wildman–Crippen LogP) is 4.38. The number of nitrogens with two attached hydrogens (primary N) is 1. The van der Waals surface area contributed by atoms with E-state index in [4.69, 9.17) is 10.2 Å². The minimum absolute atomic E-state index is 0.141. The van der Waals surface area contributed by atoms with Crippen molar-refractivity contribution >= 4 is 39.7 Å². The minimum atomic E-state index is -0.141. The van der Waals surface area contributed by atoms with E-state index in [1.54, 1.807) is 0 Å². The largest absolute Gasteiger partial charge is 0.324 e. The normalized spacial score (nSPS) is 20.2. The highest BCUT2D eigenvalue weighted by atomic mass is 32.2. The Bertz CT molecular complexity index is 829. The molecule has 1 atom stereocenters. The van der Waals surface area contributed by atoms with Gasteiger partial charge in [-0.25, -0.2) is 4.36 Å². The number of benzene rings is 2. The average Bonchev–Trinajstić information content (AvgIpc) is 2.73. The smallest absolute Gasteiger partial charge is 0.0780 e. The number of hydrogen-bond acceptors (Lipinski definition) is 5. The molecule has 0 spiro atoms. The zero-order valence-electron chi connectivity index (χ0n) is 14.7. The van der Waals surface area contributed by atoms with E-state index in [0.717, 1.165) is 23.5 Å². The highest BCUT2D eigenvalue weighted by Gasteiger charge is 2.28. The van der Waals surface area contributed by atoms with Crippen molar-refractivity contribution in [1.82, 2.24) is 5.43 Å². The number of thioether (sulfide) groups is 1. The Kier molecular flexibility index (Phi) is 5.33. The zero-order valence-corrected chi connectivity index (χ0v) is 16.4. The lowest BCUT2D eigenvalue weighted by Gasteiger charge is -2.37. The van der Waals surface area contributed by atoms with Gasteiger partial charge in [-0.1, -0.05) is 36.9 Å². The third-order valence-corrected chi connectivity index (χ3v) is 8.14. The fraction of sp³-hybridized carbons (Fsp3) is 0.300. The summed E-state index contributed by atoms with van der Waals surface area (Å²) in [5.41, 5.74) is 8.00. The minimum Gasteiger partial charge on any atom is -0.324 e. The number of fused-ring (bicyclic) bond motifs is 1. The van der Waals surface area contributed by atoms with Crippen LogP contribution in [0.4, 0.5) is 11.4 Å². The molecule has 0 amide bonds. The summed E-state index contributed by atoms with van der Waals surface area (Å²) in [5.74, 6) is 8.02. The van der Waals surface area contributed by atoms with Gasteiger partial charge in [0, 0.05) is 33.1 Å².